The maximum absolute atomic E-state index is 13.0. The molecule has 3 rings (SSSR count). The van der Waals surface area contributed by atoms with Crippen LogP contribution in [-0.4, -0.2) is 43.6 Å². The number of nitrogens with zero attached hydrogens (tertiary/aromatic N) is 2. The van der Waals surface area contributed by atoms with Gasteiger partial charge in [0.25, 0.3) is 5.56 Å². The molecule has 2 heterocycles. The van der Waals surface area contributed by atoms with Crippen LogP contribution in [0.15, 0.2) is 46.2 Å². The highest BCUT2D eigenvalue weighted by Gasteiger charge is 2.32. The molecule has 0 radical (unpaired) electrons. The average Bonchev–Trinajstić information content (AvgIpc) is 2.65. The lowest BCUT2D eigenvalue weighted by molar-refractivity contribution is -0.138. The molecule has 0 aliphatic carbocycles. The summed E-state index contributed by atoms with van der Waals surface area (Å²) in [5.41, 5.74) is -1.50. The maximum atomic E-state index is 13.0. The Hall–Kier alpha value is -1.88. The molecular formula is C17H16ClF3N2O4S. The summed E-state index contributed by atoms with van der Waals surface area (Å²) in [5, 5.41) is -0.563. The molecule has 0 spiro atoms. The molecule has 2 aromatic rings. The van der Waals surface area contributed by atoms with Crippen molar-refractivity contribution in [1.29, 1.82) is 0 Å². The number of halogens is 4. The second kappa shape index (κ2) is 7.86. The highest BCUT2D eigenvalue weighted by Crippen LogP contribution is 2.29. The van der Waals surface area contributed by atoms with Gasteiger partial charge >= 0.3 is 6.18 Å². The van der Waals surface area contributed by atoms with Gasteiger partial charge in [-0.25, -0.2) is 8.42 Å². The number of morpholine rings is 1. The van der Waals surface area contributed by atoms with Crippen molar-refractivity contribution in [2.75, 3.05) is 26.3 Å². The number of pyridine rings is 1. The lowest BCUT2D eigenvalue weighted by Crippen LogP contribution is -2.40. The fourth-order valence-electron chi connectivity index (χ4n) is 2.81. The first-order valence-electron chi connectivity index (χ1n) is 8.23. The molecular weight excluding hydrogens is 421 g/mol. The third kappa shape index (κ3) is 4.40. The Bertz CT molecular complexity index is 1030. The number of aromatic nitrogens is 1. The topological polar surface area (TPSA) is 68.6 Å². The quantitative estimate of drug-likeness (QED) is 0.738. The Morgan fingerprint density at radius 2 is 1.82 bits per heavy atom. The van der Waals surface area contributed by atoms with E-state index in [0.29, 0.717) is 17.8 Å². The first-order chi connectivity index (χ1) is 13.1. The van der Waals surface area contributed by atoms with Crippen molar-refractivity contribution in [1.82, 2.24) is 8.87 Å². The predicted octanol–water partition coefficient (Wildman–Crippen LogP) is 2.59. The molecule has 152 valence electrons. The highest BCUT2D eigenvalue weighted by molar-refractivity contribution is 7.89. The van der Waals surface area contributed by atoms with Gasteiger partial charge in [-0.2, -0.15) is 17.5 Å². The third-order valence-corrected chi connectivity index (χ3v) is 6.39. The van der Waals surface area contributed by atoms with Crippen LogP contribution in [0.25, 0.3) is 0 Å². The molecule has 6 nitrogen and oxygen atoms in total. The van der Waals surface area contributed by atoms with E-state index in [-0.39, 0.29) is 37.7 Å². The van der Waals surface area contributed by atoms with Crippen LogP contribution >= 0.6 is 11.6 Å². The first-order valence-corrected chi connectivity index (χ1v) is 10.0. The normalized spacial score (nSPS) is 16.3. The van der Waals surface area contributed by atoms with Crippen LogP contribution in [0.1, 0.15) is 11.1 Å². The molecule has 0 atom stereocenters. The van der Waals surface area contributed by atoms with Crippen LogP contribution in [-0.2, 0) is 27.5 Å². The molecule has 1 saturated heterocycles. The van der Waals surface area contributed by atoms with Gasteiger partial charge in [-0.15, -0.1) is 0 Å². The van der Waals surface area contributed by atoms with Crippen molar-refractivity contribution < 1.29 is 26.3 Å². The Kier molecular flexibility index (Phi) is 5.85. The molecule has 0 N–H and O–H groups in total. The van der Waals surface area contributed by atoms with Crippen molar-refractivity contribution in [3.05, 3.63) is 63.0 Å². The minimum Gasteiger partial charge on any atom is -0.379 e. The summed E-state index contributed by atoms with van der Waals surface area (Å²) in [4.78, 5) is 12.1. The van der Waals surface area contributed by atoms with Gasteiger partial charge in [0.05, 0.1) is 30.2 Å². The van der Waals surface area contributed by atoms with Crippen LogP contribution in [0.4, 0.5) is 13.2 Å². The molecule has 0 bridgehead atoms. The number of rotatable bonds is 4. The molecule has 11 heteroatoms. The molecule has 1 aromatic carbocycles. The van der Waals surface area contributed by atoms with Crippen LogP contribution in [0.3, 0.4) is 0 Å². The lowest BCUT2D eigenvalue weighted by atomic mass is 10.2. The van der Waals surface area contributed by atoms with Crippen molar-refractivity contribution >= 4 is 21.6 Å². The summed E-state index contributed by atoms with van der Waals surface area (Å²) in [6.07, 6.45) is -4.00. The van der Waals surface area contributed by atoms with E-state index in [1.807, 2.05) is 0 Å². The second-order valence-electron chi connectivity index (χ2n) is 6.17. The van der Waals surface area contributed by atoms with Gasteiger partial charge in [0, 0.05) is 19.3 Å². The van der Waals surface area contributed by atoms with Crippen molar-refractivity contribution in [2.45, 2.75) is 17.6 Å². The molecule has 1 aliphatic heterocycles. The Balaban J connectivity index is 1.94. The molecule has 0 saturated carbocycles. The number of benzene rings is 1. The summed E-state index contributed by atoms with van der Waals surface area (Å²) < 4.78 is 71.6. The molecule has 0 amide bonds. The van der Waals surface area contributed by atoms with Gasteiger partial charge in [0.1, 0.15) is 5.02 Å². The highest BCUT2D eigenvalue weighted by atomic mass is 35.5. The summed E-state index contributed by atoms with van der Waals surface area (Å²) in [7, 11) is -3.77. The van der Waals surface area contributed by atoms with E-state index in [1.54, 1.807) is 0 Å². The van der Waals surface area contributed by atoms with Gasteiger partial charge in [-0.3, -0.25) is 4.79 Å². The Morgan fingerprint density at radius 1 is 1.14 bits per heavy atom. The Labute approximate surface area is 164 Å². The van der Waals surface area contributed by atoms with E-state index >= 15 is 0 Å². The van der Waals surface area contributed by atoms with Crippen LogP contribution in [0.5, 0.6) is 0 Å². The minimum atomic E-state index is -4.67. The number of ether oxygens (including phenoxy) is 1. The zero-order chi connectivity index (χ0) is 20.5. The number of hydrogen-bond acceptors (Lipinski definition) is 4. The monoisotopic (exact) mass is 436 g/mol. The summed E-state index contributed by atoms with van der Waals surface area (Å²) in [6, 6.07) is 6.31. The number of alkyl halides is 3. The van der Waals surface area contributed by atoms with E-state index < -0.39 is 32.3 Å². The maximum Gasteiger partial charge on any atom is 0.417 e. The van der Waals surface area contributed by atoms with Gasteiger partial charge in [-0.05, 0) is 23.8 Å². The molecule has 0 unspecified atom stereocenters. The van der Waals surface area contributed by atoms with Crippen molar-refractivity contribution in [2.24, 2.45) is 0 Å². The summed E-state index contributed by atoms with van der Waals surface area (Å²) >= 11 is 5.65. The first kappa shape index (κ1) is 20.8. The van der Waals surface area contributed by atoms with E-state index in [2.05, 4.69) is 0 Å². The summed E-state index contributed by atoms with van der Waals surface area (Å²) in [5.74, 6) is 0. The summed E-state index contributed by atoms with van der Waals surface area (Å²) in [6.45, 7) is 0.757. The largest absolute Gasteiger partial charge is 0.417 e. The van der Waals surface area contributed by atoms with E-state index in [0.717, 1.165) is 4.57 Å². The fourth-order valence-corrected chi connectivity index (χ4v) is 4.51. The SMILES string of the molecule is O=c1c(Cl)cc(C(F)(F)F)cn1Cc1cccc(S(=O)(=O)N2CCOCC2)c1. The molecule has 1 fully saturated rings. The van der Waals surface area contributed by atoms with Crippen LogP contribution in [0, 0.1) is 0 Å². The van der Waals surface area contributed by atoms with E-state index in [1.165, 1.54) is 28.6 Å². The molecule has 28 heavy (non-hydrogen) atoms. The number of sulfonamides is 1. The van der Waals surface area contributed by atoms with E-state index in [4.69, 9.17) is 16.3 Å². The zero-order valence-electron chi connectivity index (χ0n) is 14.4. The third-order valence-electron chi connectivity index (χ3n) is 4.23. The Morgan fingerprint density at radius 3 is 2.46 bits per heavy atom. The lowest BCUT2D eigenvalue weighted by Gasteiger charge is -2.26. The van der Waals surface area contributed by atoms with Crippen molar-refractivity contribution in [3.8, 4) is 0 Å². The van der Waals surface area contributed by atoms with Gasteiger partial charge < -0.3 is 9.30 Å². The molecule has 1 aliphatic rings. The standard InChI is InChI=1S/C17H16ClF3N2O4S/c18-15-9-13(17(19,20)21)11-22(16(15)24)10-12-2-1-3-14(8-12)28(25,26)23-4-6-27-7-5-23/h1-3,8-9,11H,4-7,10H2. The van der Waals surface area contributed by atoms with Gasteiger partial charge in [-0.1, -0.05) is 23.7 Å². The predicted molar refractivity (Wildman–Crippen MR) is 95.8 cm³/mol. The average molecular weight is 437 g/mol. The van der Waals surface area contributed by atoms with Gasteiger partial charge in [0.2, 0.25) is 10.0 Å². The smallest absolute Gasteiger partial charge is 0.379 e. The van der Waals surface area contributed by atoms with Crippen LogP contribution in [0.2, 0.25) is 5.02 Å². The molecule has 1 aromatic heterocycles. The van der Waals surface area contributed by atoms with Gasteiger partial charge in [0.15, 0.2) is 0 Å². The minimum absolute atomic E-state index is 0.00183. The zero-order valence-corrected chi connectivity index (χ0v) is 16.0. The number of hydrogen-bond donors (Lipinski definition) is 0. The van der Waals surface area contributed by atoms with E-state index in [9.17, 15) is 26.4 Å². The second-order valence-corrected chi connectivity index (χ2v) is 8.52. The fraction of sp³-hybridized carbons (Fsp3) is 0.353. The van der Waals surface area contributed by atoms with Crippen LogP contribution < -0.4 is 5.56 Å². The van der Waals surface area contributed by atoms with Crippen molar-refractivity contribution in [3.63, 3.8) is 0 Å².